The summed E-state index contributed by atoms with van der Waals surface area (Å²) in [7, 11) is 0. The lowest BCUT2D eigenvalue weighted by Crippen LogP contribution is -2.61. The Balaban J connectivity index is 1.14. The number of benzene rings is 4. The van der Waals surface area contributed by atoms with Gasteiger partial charge in [0.05, 0.1) is 12.1 Å². The van der Waals surface area contributed by atoms with Crippen LogP contribution in [0.1, 0.15) is 23.3 Å². The number of para-hydroxylation sites is 1. The van der Waals surface area contributed by atoms with Crippen LogP contribution in [0, 0.1) is 5.82 Å². The Morgan fingerprint density at radius 1 is 0.717 bits per heavy atom. The van der Waals surface area contributed by atoms with Gasteiger partial charge in [-0.2, -0.15) is 0 Å². The molecule has 0 aromatic heterocycles. The van der Waals surface area contributed by atoms with Gasteiger partial charge in [-0.25, -0.2) is 14.0 Å². The van der Waals surface area contributed by atoms with Gasteiger partial charge in [0.2, 0.25) is 12.2 Å². The van der Waals surface area contributed by atoms with Crippen molar-refractivity contribution in [2.75, 3.05) is 10.7 Å². The van der Waals surface area contributed by atoms with Crippen LogP contribution in [0.5, 0.6) is 11.5 Å². The summed E-state index contributed by atoms with van der Waals surface area (Å²) < 4.78 is 36.2. The summed E-state index contributed by atoms with van der Waals surface area (Å²) in [6.07, 6.45) is -19.7. The molecule has 9 N–H and O–H groups in total. The molecule has 3 heterocycles. The van der Waals surface area contributed by atoms with Crippen LogP contribution in [0.25, 0.3) is 11.1 Å². The van der Waals surface area contributed by atoms with Crippen LogP contribution in [0.4, 0.5) is 10.1 Å². The number of nitrogens with zero attached hydrogens (tertiary/aromatic N) is 1. The van der Waals surface area contributed by atoms with Crippen molar-refractivity contribution < 1.29 is 83.7 Å². The molecule has 3 aliphatic heterocycles. The number of carbonyl (C=O) groups is 3. The first kappa shape index (κ1) is 42.9. The summed E-state index contributed by atoms with van der Waals surface area (Å²) in [4.78, 5) is 38.7. The number of anilines is 1. The van der Waals surface area contributed by atoms with Crippen LogP contribution in [0.3, 0.4) is 0 Å². The topological polar surface area (TPSA) is 273 Å². The standard InChI is InChI=1S/C41H40FNO16S/c42-21-12-9-18(10-13-21)26(57-41-33(50)29(46)31(48)35(59-41)39(54)55)17-60-36-27(43(37(36)51)22-6-2-1-3-7-22)24-14-11-20(16-25(24)44)19-5-4-8-23(15-19)56-40-32(49)28(45)30(47)34(58-40)38(52)53/h1-16,26-36,40-41,44-50H,17H2,(H,52,53)(H,54,55)/t26-,27+,28?,29?,30-,31-,32?,33?,34?,35?,36+,40+,41+/m0/s1. The molecule has 6 unspecified atom stereocenters. The molecule has 3 fully saturated rings. The van der Waals surface area contributed by atoms with Gasteiger partial charge < -0.3 is 69.8 Å². The number of hydrogen-bond donors (Lipinski definition) is 9. The number of carbonyl (C=O) groups excluding carboxylic acids is 1. The van der Waals surface area contributed by atoms with E-state index < -0.39 is 96.6 Å². The normalized spacial score (nSPS) is 30.9. The number of thioether (sulfide) groups is 1. The van der Waals surface area contributed by atoms with Gasteiger partial charge in [-0.05, 0) is 59.2 Å². The fourth-order valence-electron chi connectivity index (χ4n) is 7.22. The molecule has 0 saturated carbocycles. The van der Waals surface area contributed by atoms with Crippen molar-refractivity contribution in [2.45, 2.75) is 78.8 Å². The highest BCUT2D eigenvalue weighted by Gasteiger charge is 2.52. The molecule has 4 aromatic carbocycles. The first-order valence-corrected chi connectivity index (χ1v) is 19.5. The summed E-state index contributed by atoms with van der Waals surface area (Å²) in [6, 6.07) is 24.0. The van der Waals surface area contributed by atoms with Crippen LogP contribution in [-0.4, -0.2) is 136 Å². The molecule has 1 amide bonds. The number of aliphatic carboxylic acids is 2. The van der Waals surface area contributed by atoms with E-state index in [2.05, 4.69) is 0 Å². The number of phenolic OH excluding ortho intramolecular Hbond substituents is 1. The van der Waals surface area contributed by atoms with E-state index in [-0.39, 0.29) is 23.2 Å². The van der Waals surface area contributed by atoms with Gasteiger partial charge in [0.15, 0.2) is 18.5 Å². The largest absolute Gasteiger partial charge is 0.508 e. The molecule has 4 aromatic rings. The summed E-state index contributed by atoms with van der Waals surface area (Å²) >= 11 is 1.10. The molecule has 0 spiro atoms. The zero-order chi connectivity index (χ0) is 43.0. The minimum Gasteiger partial charge on any atom is -0.508 e. The Bertz CT molecular complexity index is 2180. The third kappa shape index (κ3) is 8.54. The molecule has 0 aliphatic carbocycles. The van der Waals surface area contributed by atoms with E-state index in [1.54, 1.807) is 54.6 Å². The maximum atomic E-state index is 14.0. The molecule has 13 atom stereocenters. The highest BCUT2D eigenvalue weighted by atomic mass is 32.2. The number of aliphatic hydroxyl groups excluding tert-OH is 6. The van der Waals surface area contributed by atoms with E-state index >= 15 is 0 Å². The monoisotopic (exact) mass is 853 g/mol. The number of β-lactam (4-membered cyclic amide) rings is 1. The van der Waals surface area contributed by atoms with Gasteiger partial charge in [0, 0.05) is 17.0 Å². The highest BCUT2D eigenvalue weighted by Crippen LogP contribution is 2.49. The SMILES string of the molecule is O=C(O)C1O[C@@H](Oc2cccc(-c3ccc([C@@H]4[C@@H](SC[C@H](O[C@@H]5OC(C(=O)O)[C@@H](O)C(O)C5O)c5ccc(F)cc5)C(=O)N4c4ccccc4)c(O)c3)c2)C(O)C(O)[C@@H]1O. The van der Waals surface area contributed by atoms with Gasteiger partial charge in [-0.3, -0.25) is 4.79 Å². The van der Waals surface area contributed by atoms with Gasteiger partial charge in [-0.15, -0.1) is 11.8 Å². The van der Waals surface area contributed by atoms with Gasteiger partial charge in [0.1, 0.15) is 59.2 Å². The summed E-state index contributed by atoms with van der Waals surface area (Å²) in [5.74, 6) is -4.25. The Hall–Kier alpha value is -5.19. The number of aromatic hydroxyl groups is 1. The van der Waals surface area contributed by atoms with Crippen LogP contribution in [0.15, 0.2) is 97.1 Å². The van der Waals surface area contributed by atoms with E-state index in [1.165, 1.54) is 35.2 Å². The van der Waals surface area contributed by atoms with Crippen LogP contribution in [0.2, 0.25) is 0 Å². The number of ether oxygens (including phenoxy) is 4. The summed E-state index contributed by atoms with van der Waals surface area (Å²) in [6.45, 7) is 0. The first-order valence-electron chi connectivity index (χ1n) is 18.5. The number of phenols is 1. The second-order valence-electron chi connectivity index (χ2n) is 14.3. The minimum atomic E-state index is -1.96. The lowest BCUT2D eigenvalue weighted by Gasteiger charge is -2.47. The average Bonchev–Trinajstić information content (AvgIpc) is 3.23. The van der Waals surface area contributed by atoms with Gasteiger partial charge >= 0.3 is 11.9 Å². The third-order valence-corrected chi connectivity index (χ3v) is 11.8. The molecule has 60 heavy (non-hydrogen) atoms. The highest BCUT2D eigenvalue weighted by molar-refractivity contribution is 8.00. The second kappa shape index (κ2) is 17.8. The van der Waals surface area contributed by atoms with E-state index in [4.69, 9.17) is 18.9 Å². The summed E-state index contributed by atoms with van der Waals surface area (Å²) in [5, 5.41) is 91.5. The number of aliphatic hydroxyl groups is 6. The van der Waals surface area contributed by atoms with Crippen molar-refractivity contribution in [3.05, 3.63) is 114 Å². The molecule has 0 radical (unpaired) electrons. The number of carboxylic acid groups (broad SMARTS) is 2. The predicted molar refractivity (Wildman–Crippen MR) is 206 cm³/mol. The van der Waals surface area contributed by atoms with Crippen LogP contribution < -0.4 is 9.64 Å². The van der Waals surface area contributed by atoms with Crippen molar-refractivity contribution in [1.29, 1.82) is 0 Å². The Morgan fingerprint density at radius 2 is 1.32 bits per heavy atom. The van der Waals surface area contributed by atoms with Crippen molar-refractivity contribution in [1.82, 2.24) is 0 Å². The number of rotatable bonds is 13. The Morgan fingerprint density at radius 3 is 1.93 bits per heavy atom. The minimum absolute atomic E-state index is 0.0572. The number of hydrogen-bond acceptors (Lipinski definition) is 15. The predicted octanol–water partition coefficient (Wildman–Crippen LogP) is 1.31. The second-order valence-corrected chi connectivity index (χ2v) is 15.5. The van der Waals surface area contributed by atoms with Gasteiger partial charge in [0.25, 0.3) is 0 Å². The number of halogens is 1. The average molecular weight is 854 g/mol. The van der Waals surface area contributed by atoms with Crippen LogP contribution in [-0.2, 0) is 28.6 Å². The lowest BCUT2D eigenvalue weighted by molar-refractivity contribution is -0.303. The van der Waals surface area contributed by atoms with Crippen molar-refractivity contribution in [2.24, 2.45) is 0 Å². The van der Waals surface area contributed by atoms with Crippen molar-refractivity contribution in [3.8, 4) is 22.6 Å². The third-order valence-electron chi connectivity index (χ3n) is 10.4. The molecule has 318 valence electrons. The lowest BCUT2D eigenvalue weighted by atomic mass is 9.90. The van der Waals surface area contributed by atoms with Crippen LogP contribution >= 0.6 is 11.8 Å². The molecule has 19 heteroatoms. The molecular formula is C41H40FNO16S. The zero-order valence-corrected chi connectivity index (χ0v) is 31.9. The maximum absolute atomic E-state index is 14.0. The number of amides is 1. The molecular weight excluding hydrogens is 814 g/mol. The molecule has 3 saturated heterocycles. The number of carboxylic acids is 2. The molecule has 3 aliphatic rings. The molecule has 17 nitrogen and oxygen atoms in total. The molecule has 0 bridgehead atoms. The fraction of sp³-hybridized carbons (Fsp3) is 0.341. The smallest absolute Gasteiger partial charge is 0.335 e. The van der Waals surface area contributed by atoms with Gasteiger partial charge in [-0.1, -0.05) is 54.6 Å². The van der Waals surface area contributed by atoms with E-state index in [0.29, 0.717) is 27.9 Å². The van der Waals surface area contributed by atoms with Crippen molar-refractivity contribution >= 4 is 35.3 Å². The maximum Gasteiger partial charge on any atom is 0.335 e. The Kier molecular flexibility index (Phi) is 12.7. The molecule has 7 rings (SSSR count). The van der Waals surface area contributed by atoms with Crippen molar-refractivity contribution in [3.63, 3.8) is 0 Å². The zero-order valence-electron chi connectivity index (χ0n) is 31.1. The van der Waals surface area contributed by atoms with E-state index in [9.17, 15) is 64.7 Å². The fourth-order valence-corrected chi connectivity index (χ4v) is 8.58. The first-order chi connectivity index (χ1) is 28.6. The quantitative estimate of drug-likeness (QED) is 0.0858. The van der Waals surface area contributed by atoms with E-state index in [1.807, 2.05) is 0 Å². The summed E-state index contributed by atoms with van der Waals surface area (Å²) in [5.41, 5.74) is 2.22. The Labute approximate surface area is 344 Å². The van der Waals surface area contributed by atoms with E-state index in [0.717, 1.165) is 23.9 Å².